The lowest BCUT2D eigenvalue weighted by Gasteiger charge is -2.13. The molecule has 0 aliphatic heterocycles. The largest absolute Gasteiger partial charge is 0.466 e. The summed E-state index contributed by atoms with van der Waals surface area (Å²) < 4.78 is 6.23. The van der Waals surface area contributed by atoms with Gasteiger partial charge in [0.1, 0.15) is 5.76 Å². The second-order valence-corrected chi connectivity index (χ2v) is 4.83. The van der Waals surface area contributed by atoms with Crippen molar-refractivity contribution >= 4 is 27.5 Å². The Morgan fingerprint density at radius 2 is 2.12 bits per heavy atom. The molecule has 0 fully saturated rings. The SMILES string of the molecule is Cc1c(Cl)cccc1C(N)c1occc1Br. The summed E-state index contributed by atoms with van der Waals surface area (Å²) in [5.74, 6) is 0.713. The molecule has 1 heterocycles. The van der Waals surface area contributed by atoms with Crippen LogP contribution in [0.2, 0.25) is 5.02 Å². The molecule has 4 heteroatoms. The molecule has 0 aliphatic rings. The van der Waals surface area contributed by atoms with Gasteiger partial charge in [0.15, 0.2) is 0 Å². The van der Waals surface area contributed by atoms with Crippen LogP contribution in [-0.4, -0.2) is 0 Å². The lowest BCUT2D eigenvalue weighted by molar-refractivity contribution is 0.487. The standard InChI is InChI=1S/C12H11BrClNO/c1-7-8(3-2-4-10(7)14)11(15)12-9(13)5-6-16-12/h2-6,11H,15H2,1H3. The highest BCUT2D eigenvalue weighted by Crippen LogP contribution is 2.31. The monoisotopic (exact) mass is 299 g/mol. The Morgan fingerprint density at radius 1 is 1.38 bits per heavy atom. The molecular formula is C12H11BrClNO. The smallest absolute Gasteiger partial charge is 0.139 e. The Labute approximate surface area is 108 Å². The number of hydrogen-bond acceptors (Lipinski definition) is 2. The zero-order valence-electron chi connectivity index (χ0n) is 8.71. The average molecular weight is 301 g/mol. The van der Waals surface area contributed by atoms with E-state index in [-0.39, 0.29) is 6.04 Å². The van der Waals surface area contributed by atoms with Crippen molar-refractivity contribution in [2.24, 2.45) is 5.73 Å². The van der Waals surface area contributed by atoms with E-state index in [0.29, 0.717) is 5.76 Å². The van der Waals surface area contributed by atoms with Gasteiger partial charge in [-0.2, -0.15) is 0 Å². The predicted octanol–water partition coefficient (Wildman–Crippen LogP) is 4.05. The maximum absolute atomic E-state index is 6.15. The van der Waals surface area contributed by atoms with Crippen molar-refractivity contribution in [1.82, 2.24) is 0 Å². The van der Waals surface area contributed by atoms with Gasteiger partial charge in [0.2, 0.25) is 0 Å². The van der Waals surface area contributed by atoms with Crippen molar-refractivity contribution in [3.63, 3.8) is 0 Å². The Balaban J connectivity index is 2.46. The summed E-state index contributed by atoms with van der Waals surface area (Å²) in [6.45, 7) is 1.95. The number of benzene rings is 1. The molecule has 0 radical (unpaired) electrons. The molecule has 0 spiro atoms. The summed E-state index contributed by atoms with van der Waals surface area (Å²) in [5.41, 5.74) is 8.11. The highest BCUT2D eigenvalue weighted by atomic mass is 79.9. The molecule has 2 N–H and O–H groups in total. The molecular weight excluding hydrogens is 289 g/mol. The van der Waals surface area contributed by atoms with Crippen LogP contribution < -0.4 is 5.73 Å². The molecule has 2 aromatic rings. The van der Waals surface area contributed by atoms with Crippen LogP contribution in [0, 0.1) is 6.92 Å². The van der Waals surface area contributed by atoms with Crippen LogP contribution in [0.4, 0.5) is 0 Å². The van der Waals surface area contributed by atoms with Crippen molar-refractivity contribution in [2.45, 2.75) is 13.0 Å². The summed E-state index contributed by atoms with van der Waals surface area (Å²) in [5, 5.41) is 0.718. The Kier molecular flexibility index (Phi) is 3.38. The van der Waals surface area contributed by atoms with Crippen LogP contribution in [0.25, 0.3) is 0 Å². The van der Waals surface area contributed by atoms with Gasteiger partial charge in [-0.05, 0) is 46.1 Å². The molecule has 2 nitrogen and oxygen atoms in total. The van der Waals surface area contributed by atoms with Gasteiger partial charge in [0.25, 0.3) is 0 Å². The van der Waals surface area contributed by atoms with E-state index in [1.165, 1.54) is 0 Å². The highest BCUT2D eigenvalue weighted by Gasteiger charge is 2.18. The third-order valence-electron chi connectivity index (χ3n) is 2.57. The third-order valence-corrected chi connectivity index (χ3v) is 3.64. The van der Waals surface area contributed by atoms with E-state index in [1.54, 1.807) is 6.26 Å². The second kappa shape index (κ2) is 4.62. The van der Waals surface area contributed by atoms with Gasteiger partial charge in [0, 0.05) is 5.02 Å². The Morgan fingerprint density at radius 3 is 2.75 bits per heavy atom. The fraction of sp³-hybridized carbons (Fsp3) is 0.167. The number of rotatable bonds is 2. The van der Waals surface area contributed by atoms with Crippen molar-refractivity contribution < 1.29 is 4.42 Å². The maximum atomic E-state index is 6.15. The Bertz CT molecular complexity index is 509. The summed E-state index contributed by atoms with van der Waals surface area (Å²) >= 11 is 9.46. The third kappa shape index (κ3) is 2.03. The maximum Gasteiger partial charge on any atom is 0.139 e. The zero-order chi connectivity index (χ0) is 11.7. The van der Waals surface area contributed by atoms with Crippen molar-refractivity contribution in [3.8, 4) is 0 Å². The molecule has 0 bridgehead atoms. The van der Waals surface area contributed by atoms with Gasteiger partial charge in [-0.15, -0.1) is 0 Å². The molecule has 1 unspecified atom stereocenters. The van der Waals surface area contributed by atoms with E-state index in [4.69, 9.17) is 21.8 Å². The molecule has 2 rings (SSSR count). The highest BCUT2D eigenvalue weighted by molar-refractivity contribution is 9.10. The Hall–Kier alpha value is -0.770. The van der Waals surface area contributed by atoms with Gasteiger partial charge in [0.05, 0.1) is 16.8 Å². The van der Waals surface area contributed by atoms with Gasteiger partial charge in [-0.25, -0.2) is 0 Å². The van der Waals surface area contributed by atoms with Crippen LogP contribution in [0.3, 0.4) is 0 Å². The molecule has 0 saturated carbocycles. The topological polar surface area (TPSA) is 39.2 Å². The van der Waals surface area contributed by atoms with Gasteiger partial charge < -0.3 is 10.2 Å². The van der Waals surface area contributed by atoms with Crippen LogP contribution in [-0.2, 0) is 0 Å². The lowest BCUT2D eigenvalue weighted by Crippen LogP contribution is -2.13. The number of hydrogen-bond donors (Lipinski definition) is 1. The first kappa shape index (κ1) is 11.7. The fourth-order valence-electron chi connectivity index (χ4n) is 1.63. The predicted molar refractivity (Wildman–Crippen MR) is 68.6 cm³/mol. The van der Waals surface area contributed by atoms with E-state index in [2.05, 4.69) is 15.9 Å². The van der Waals surface area contributed by atoms with E-state index >= 15 is 0 Å². The molecule has 84 valence electrons. The van der Waals surface area contributed by atoms with E-state index < -0.39 is 0 Å². The minimum atomic E-state index is -0.303. The second-order valence-electron chi connectivity index (χ2n) is 3.56. The molecule has 0 aliphatic carbocycles. The first-order valence-corrected chi connectivity index (χ1v) is 6.02. The molecule has 16 heavy (non-hydrogen) atoms. The van der Waals surface area contributed by atoms with E-state index in [0.717, 1.165) is 20.6 Å². The molecule has 0 saturated heterocycles. The van der Waals surface area contributed by atoms with E-state index in [1.807, 2.05) is 31.2 Å². The minimum absolute atomic E-state index is 0.303. The van der Waals surface area contributed by atoms with Crippen LogP contribution in [0.1, 0.15) is 22.9 Å². The minimum Gasteiger partial charge on any atom is -0.466 e. The van der Waals surface area contributed by atoms with Gasteiger partial charge in [-0.1, -0.05) is 23.7 Å². The van der Waals surface area contributed by atoms with Crippen LogP contribution in [0.5, 0.6) is 0 Å². The van der Waals surface area contributed by atoms with Crippen LogP contribution in [0.15, 0.2) is 39.4 Å². The first-order chi connectivity index (χ1) is 7.61. The summed E-state index contributed by atoms with van der Waals surface area (Å²) in [6.07, 6.45) is 1.61. The molecule has 1 aromatic heterocycles. The van der Waals surface area contributed by atoms with Crippen LogP contribution >= 0.6 is 27.5 Å². The number of halogens is 2. The normalized spacial score (nSPS) is 12.8. The molecule has 0 amide bonds. The van der Waals surface area contributed by atoms with Gasteiger partial charge in [-0.3, -0.25) is 0 Å². The van der Waals surface area contributed by atoms with Crippen molar-refractivity contribution in [2.75, 3.05) is 0 Å². The lowest BCUT2D eigenvalue weighted by atomic mass is 10.0. The van der Waals surface area contributed by atoms with Crippen molar-refractivity contribution in [1.29, 1.82) is 0 Å². The van der Waals surface area contributed by atoms with E-state index in [9.17, 15) is 0 Å². The number of nitrogens with two attached hydrogens (primary N) is 1. The average Bonchev–Trinajstić information content (AvgIpc) is 2.68. The first-order valence-electron chi connectivity index (χ1n) is 4.84. The number of furan rings is 1. The molecule has 1 atom stereocenters. The fourth-order valence-corrected chi connectivity index (χ4v) is 2.26. The van der Waals surface area contributed by atoms with Gasteiger partial charge >= 0.3 is 0 Å². The zero-order valence-corrected chi connectivity index (χ0v) is 11.0. The summed E-state index contributed by atoms with van der Waals surface area (Å²) in [6, 6.07) is 7.23. The quantitative estimate of drug-likeness (QED) is 0.908. The van der Waals surface area contributed by atoms with Crippen molar-refractivity contribution in [3.05, 3.63) is 56.9 Å². The summed E-state index contributed by atoms with van der Waals surface area (Å²) in [4.78, 5) is 0. The molecule has 1 aromatic carbocycles. The summed E-state index contributed by atoms with van der Waals surface area (Å²) in [7, 11) is 0.